The van der Waals surface area contributed by atoms with Crippen molar-refractivity contribution in [2.24, 2.45) is 17.8 Å². The monoisotopic (exact) mass is 238 g/mol. The van der Waals surface area contributed by atoms with Gasteiger partial charge < -0.3 is 9.64 Å². The lowest BCUT2D eigenvalue weighted by molar-refractivity contribution is -0.146. The summed E-state index contributed by atoms with van der Waals surface area (Å²) in [5.41, 5.74) is 0. The first-order chi connectivity index (χ1) is 8.04. The Kier molecular flexibility index (Phi) is 4.50. The van der Waals surface area contributed by atoms with Crippen LogP contribution < -0.4 is 0 Å². The number of ether oxygens (including phenoxy) is 1. The summed E-state index contributed by atoms with van der Waals surface area (Å²) in [6.07, 6.45) is 0.503. The fourth-order valence-corrected chi connectivity index (χ4v) is 2.15. The Hall–Kier alpha value is -1.57. The van der Waals surface area contributed by atoms with Gasteiger partial charge in [-0.1, -0.05) is 13.8 Å². The zero-order chi connectivity index (χ0) is 13.0. The number of carbonyl (C=O) groups is 2. The zero-order valence-electron chi connectivity index (χ0n) is 10.5. The third-order valence-electron chi connectivity index (χ3n) is 3.29. The fourth-order valence-electron chi connectivity index (χ4n) is 2.15. The van der Waals surface area contributed by atoms with Crippen molar-refractivity contribution >= 4 is 11.9 Å². The third-order valence-corrected chi connectivity index (χ3v) is 3.29. The van der Waals surface area contributed by atoms with E-state index in [1.165, 1.54) is 7.11 Å². The van der Waals surface area contributed by atoms with Crippen LogP contribution in [-0.2, 0) is 14.3 Å². The van der Waals surface area contributed by atoms with E-state index in [2.05, 4.69) is 0 Å². The van der Waals surface area contributed by atoms with Crippen LogP contribution >= 0.6 is 0 Å². The van der Waals surface area contributed by atoms with Crippen LogP contribution in [0.1, 0.15) is 20.3 Å². The molecule has 1 aliphatic heterocycles. The van der Waals surface area contributed by atoms with Crippen LogP contribution in [0.15, 0.2) is 0 Å². The van der Waals surface area contributed by atoms with Crippen molar-refractivity contribution < 1.29 is 14.3 Å². The van der Waals surface area contributed by atoms with Crippen molar-refractivity contribution in [2.75, 3.05) is 20.2 Å². The number of nitriles is 1. The molecule has 1 saturated heterocycles. The number of hydrogen-bond donors (Lipinski definition) is 0. The molecular formula is C12H18N2O3. The molecule has 5 heteroatoms. The molecule has 3 unspecified atom stereocenters. The first kappa shape index (κ1) is 13.5. The highest BCUT2D eigenvalue weighted by molar-refractivity contribution is 5.83. The molecule has 17 heavy (non-hydrogen) atoms. The lowest BCUT2D eigenvalue weighted by Gasteiger charge is -2.18. The van der Waals surface area contributed by atoms with E-state index in [4.69, 9.17) is 10.00 Å². The van der Waals surface area contributed by atoms with Gasteiger partial charge in [-0.05, 0) is 12.3 Å². The predicted molar refractivity (Wildman–Crippen MR) is 60.6 cm³/mol. The van der Waals surface area contributed by atoms with Gasteiger partial charge >= 0.3 is 5.97 Å². The summed E-state index contributed by atoms with van der Waals surface area (Å²) in [4.78, 5) is 25.0. The average Bonchev–Trinajstić information content (AvgIpc) is 2.71. The van der Waals surface area contributed by atoms with Gasteiger partial charge in [0.25, 0.3) is 0 Å². The molecular weight excluding hydrogens is 220 g/mol. The van der Waals surface area contributed by atoms with Crippen LogP contribution in [-0.4, -0.2) is 37.0 Å². The Morgan fingerprint density at radius 3 is 2.65 bits per heavy atom. The maximum Gasteiger partial charge on any atom is 0.310 e. The van der Waals surface area contributed by atoms with Gasteiger partial charge in [-0.15, -0.1) is 0 Å². The number of methoxy groups -OCH3 is 1. The zero-order valence-corrected chi connectivity index (χ0v) is 10.5. The van der Waals surface area contributed by atoms with E-state index in [9.17, 15) is 9.59 Å². The summed E-state index contributed by atoms with van der Waals surface area (Å²) in [5.74, 6) is -1.23. The quantitative estimate of drug-likeness (QED) is 0.682. The molecule has 0 aromatic carbocycles. The molecule has 1 amide bonds. The molecule has 1 rings (SSSR count). The largest absolute Gasteiger partial charge is 0.469 e. The molecule has 1 heterocycles. The van der Waals surface area contributed by atoms with Crippen LogP contribution in [0.3, 0.4) is 0 Å². The van der Waals surface area contributed by atoms with Gasteiger partial charge in [-0.3, -0.25) is 9.59 Å². The van der Waals surface area contributed by atoms with E-state index < -0.39 is 5.92 Å². The molecule has 1 aliphatic rings. The van der Waals surface area contributed by atoms with Crippen LogP contribution in [0, 0.1) is 29.1 Å². The third kappa shape index (κ3) is 2.76. The number of esters is 1. The molecule has 0 aromatic rings. The minimum atomic E-state index is -0.599. The summed E-state index contributed by atoms with van der Waals surface area (Å²) < 4.78 is 4.70. The summed E-state index contributed by atoms with van der Waals surface area (Å²) in [7, 11) is 1.35. The fraction of sp³-hybridized carbons (Fsp3) is 0.750. The van der Waals surface area contributed by atoms with Gasteiger partial charge in [-0.25, -0.2) is 0 Å². The highest BCUT2D eigenvalue weighted by Gasteiger charge is 2.39. The molecule has 0 spiro atoms. The minimum Gasteiger partial charge on any atom is -0.469 e. The van der Waals surface area contributed by atoms with Gasteiger partial charge in [0.1, 0.15) is 5.92 Å². The predicted octanol–water partition coefficient (Wildman–Crippen LogP) is 0.804. The Balaban J connectivity index is 2.69. The van der Waals surface area contributed by atoms with E-state index >= 15 is 0 Å². The second-order valence-electron chi connectivity index (χ2n) is 4.44. The number of rotatable bonds is 3. The lowest BCUT2D eigenvalue weighted by atomic mass is 9.99. The van der Waals surface area contributed by atoms with E-state index in [1.807, 2.05) is 19.9 Å². The molecule has 0 N–H and O–H groups in total. The van der Waals surface area contributed by atoms with Gasteiger partial charge in [0.05, 0.1) is 19.1 Å². The van der Waals surface area contributed by atoms with Crippen LogP contribution in [0.25, 0.3) is 0 Å². The standard InChI is InChI=1S/C12H18N2O3/c1-4-9(5-13)11(15)14-6-8(2)10(7-14)12(16)17-3/h8-10H,4,6-7H2,1-3H3. The molecule has 5 nitrogen and oxygen atoms in total. The van der Waals surface area contributed by atoms with Crippen molar-refractivity contribution in [1.82, 2.24) is 4.90 Å². The Bertz CT molecular complexity index is 348. The molecule has 3 atom stereocenters. The van der Waals surface area contributed by atoms with Crippen LogP contribution in [0.2, 0.25) is 0 Å². The second-order valence-corrected chi connectivity index (χ2v) is 4.44. The lowest BCUT2D eigenvalue weighted by Crippen LogP contribution is -2.34. The van der Waals surface area contributed by atoms with Gasteiger partial charge in [0, 0.05) is 13.1 Å². The molecule has 0 saturated carbocycles. The first-order valence-electron chi connectivity index (χ1n) is 5.81. The van der Waals surface area contributed by atoms with E-state index in [-0.39, 0.29) is 23.7 Å². The Morgan fingerprint density at radius 2 is 2.18 bits per heavy atom. The minimum absolute atomic E-state index is 0.0857. The Morgan fingerprint density at radius 1 is 1.53 bits per heavy atom. The molecule has 0 aromatic heterocycles. The number of hydrogen-bond acceptors (Lipinski definition) is 4. The van der Waals surface area contributed by atoms with Gasteiger partial charge in [-0.2, -0.15) is 5.26 Å². The van der Waals surface area contributed by atoms with Gasteiger partial charge in [0.15, 0.2) is 0 Å². The van der Waals surface area contributed by atoms with Crippen molar-refractivity contribution in [3.05, 3.63) is 0 Å². The number of carbonyl (C=O) groups excluding carboxylic acids is 2. The summed E-state index contributed by atoms with van der Waals surface area (Å²) in [6, 6.07) is 1.99. The average molecular weight is 238 g/mol. The van der Waals surface area contributed by atoms with Crippen LogP contribution in [0.5, 0.6) is 0 Å². The first-order valence-corrected chi connectivity index (χ1v) is 5.81. The highest BCUT2D eigenvalue weighted by Crippen LogP contribution is 2.25. The maximum absolute atomic E-state index is 12.0. The van der Waals surface area contributed by atoms with Crippen molar-refractivity contribution in [1.29, 1.82) is 5.26 Å². The number of nitrogens with zero attached hydrogens (tertiary/aromatic N) is 2. The van der Waals surface area contributed by atoms with E-state index in [1.54, 1.807) is 4.90 Å². The molecule has 1 fully saturated rings. The van der Waals surface area contributed by atoms with Crippen molar-refractivity contribution in [3.8, 4) is 6.07 Å². The normalized spacial score (nSPS) is 25.2. The molecule has 0 radical (unpaired) electrons. The SMILES string of the molecule is CCC(C#N)C(=O)N1CC(C)C(C(=O)OC)C1. The van der Waals surface area contributed by atoms with Gasteiger partial charge in [0.2, 0.25) is 5.91 Å². The number of likely N-dealkylation sites (tertiary alicyclic amines) is 1. The topological polar surface area (TPSA) is 70.4 Å². The smallest absolute Gasteiger partial charge is 0.310 e. The summed E-state index contributed by atoms with van der Waals surface area (Å²) in [5, 5.41) is 8.85. The van der Waals surface area contributed by atoms with Crippen molar-refractivity contribution in [2.45, 2.75) is 20.3 Å². The maximum atomic E-state index is 12.0. The van der Waals surface area contributed by atoms with Crippen molar-refractivity contribution in [3.63, 3.8) is 0 Å². The van der Waals surface area contributed by atoms with E-state index in [0.29, 0.717) is 19.5 Å². The summed E-state index contributed by atoms with van der Waals surface area (Å²) >= 11 is 0. The van der Waals surface area contributed by atoms with Crippen LogP contribution in [0.4, 0.5) is 0 Å². The number of amides is 1. The molecule has 94 valence electrons. The highest BCUT2D eigenvalue weighted by atomic mass is 16.5. The molecule has 0 bridgehead atoms. The molecule has 0 aliphatic carbocycles. The van der Waals surface area contributed by atoms with E-state index in [0.717, 1.165) is 0 Å². The second kappa shape index (κ2) is 5.67. The Labute approximate surface area is 101 Å². The summed E-state index contributed by atoms with van der Waals surface area (Å²) in [6.45, 7) is 4.62.